The van der Waals surface area contributed by atoms with Crippen molar-refractivity contribution in [3.05, 3.63) is 0 Å². The molecule has 3 unspecified atom stereocenters. The molecule has 0 aliphatic rings. The second kappa shape index (κ2) is 70.7. The molecule has 582 valence electrons. The number of carbonyl (C=O) groups is 4. The van der Waals surface area contributed by atoms with Crippen molar-refractivity contribution in [2.45, 2.75) is 432 Å². The summed E-state index contributed by atoms with van der Waals surface area (Å²) in [7, 11) is -9.91. The van der Waals surface area contributed by atoms with E-state index in [-0.39, 0.29) is 25.7 Å². The fourth-order valence-electron chi connectivity index (χ4n) is 12.2. The van der Waals surface area contributed by atoms with Gasteiger partial charge < -0.3 is 33.8 Å². The maximum absolute atomic E-state index is 13.1. The summed E-state index contributed by atoms with van der Waals surface area (Å²) >= 11 is 0. The third-order valence-electron chi connectivity index (χ3n) is 18.8. The van der Waals surface area contributed by atoms with E-state index in [0.717, 1.165) is 102 Å². The summed E-state index contributed by atoms with van der Waals surface area (Å²) in [6.07, 6.45) is 59.5. The highest BCUT2D eigenvalue weighted by molar-refractivity contribution is 7.47. The number of carbonyl (C=O) groups excluding carboxylic acids is 4. The molecule has 0 aromatic rings. The second-order valence-corrected chi connectivity index (χ2v) is 32.1. The van der Waals surface area contributed by atoms with Gasteiger partial charge in [0.25, 0.3) is 0 Å². The topological polar surface area (TPSA) is 237 Å². The van der Waals surface area contributed by atoms with E-state index in [1.54, 1.807) is 0 Å². The molecule has 0 aromatic carbocycles. The highest BCUT2D eigenvalue weighted by atomic mass is 31.2. The van der Waals surface area contributed by atoms with E-state index in [1.165, 1.54) is 231 Å². The molecule has 0 spiro atoms. The standard InChI is InChI=1S/C79H154O17P2/c1-7-10-12-14-16-18-19-25-33-39-45-51-57-63-78(83)95-74(67-89-76(81)61-55-49-43-35-17-15-13-11-8-2)69-93-97(85,86)91-65-73(80)66-92-98(87,88)94-70-75(96-79(84)64-58-52-46-40-34-29-22-20-21-26-30-36-41-47-53-59-71(4)5)68-90-77(82)62-56-50-44-38-32-28-24-23-27-31-37-42-48-54-60-72(6)9-3/h71-75,80H,7-70H2,1-6H3,(H,85,86)(H,87,88)/t72?,73-,74+,75+/m0/s1. The van der Waals surface area contributed by atoms with Gasteiger partial charge in [-0.25, -0.2) is 9.13 Å². The number of phosphoric acid groups is 2. The Morgan fingerprint density at radius 2 is 0.520 bits per heavy atom. The minimum absolute atomic E-state index is 0.108. The molecule has 17 nitrogen and oxygen atoms in total. The Balaban J connectivity index is 5.22. The van der Waals surface area contributed by atoms with Crippen molar-refractivity contribution < 1.29 is 80.2 Å². The lowest BCUT2D eigenvalue weighted by Crippen LogP contribution is -2.30. The van der Waals surface area contributed by atoms with Crippen LogP contribution >= 0.6 is 15.6 Å². The van der Waals surface area contributed by atoms with Crippen molar-refractivity contribution in [1.82, 2.24) is 0 Å². The summed E-state index contributed by atoms with van der Waals surface area (Å²) in [6.45, 7) is 9.69. The van der Waals surface area contributed by atoms with E-state index in [1.807, 2.05) is 0 Å². The summed E-state index contributed by atoms with van der Waals surface area (Å²) in [4.78, 5) is 72.9. The molecule has 98 heavy (non-hydrogen) atoms. The van der Waals surface area contributed by atoms with Gasteiger partial charge in [-0.1, -0.05) is 363 Å². The third-order valence-corrected chi connectivity index (χ3v) is 20.7. The van der Waals surface area contributed by atoms with Crippen molar-refractivity contribution in [3.63, 3.8) is 0 Å². The quantitative estimate of drug-likeness (QED) is 0.0222. The van der Waals surface area contributed by atoms with E-state index in [9.17, 15) is 43.2 Å². The molecule has 0 aliphatic heterocycles. The molecular formula is C79H154O17P2. The molecule has 0 saturated carbocycles. The lowest BCUT2D eigenvalue weighted by Gasteiger charge is -2.21. The molecule has 0 heterocycles. The van der Waals surface area contributed by atoms with E-state index in [2.05, 4.69) is 41.5 Å². The highest BCUT2D eigenvalue weighted by Crippen LogP contribution is 2.45. The Morgan fingerprint density at radius 1 is 0.296 bits per heavy atom. The Kier molecular flexibility index (Phi) is 69.3. The van der Waals surface area contributed by atoms with Crippen LogP contribution in [0.15, 0.2) is 0 Å². The van der Waals surface area contributed by atoms with Crippen molar-refractivity contribution in [2.75, 3.05) is 39.6 Å². The average Bonchev–Trinajstić information content (AvgIpc) is 1.77. The molecule has 0 bridgehead atoms. The zero-order chi connectivity index (χ0) is 72.1. The van der Waals surface area contributed by atoms with E-state index in [4.69, 9.17) is 37.0 Å². The molecule has 0 amide bonds. The van der Waals surface area contributed by atoms with Gasteiger partial charge in [0.15, 0.2) is 12.2 Å². The summed E-state index contributed by atoms with van der Waals surface area (Å²) in [5.41, 5.74) is 0. The van der Waals surface area contributed by atoms with Gasteiger partial charge in [-0.2, -0.15) is 0 Å². The fraction of sp³-hybridized carbons (Fsp3) is 0.949. The van der Waals surface area contributed by atoms with Gasteiger partial charge in [-0.3, -0.25) is 37.3 Å². The highest BCUT2D eigenvalue weighted by Gasteiger charge is 2.30. The van der Waals surface area contributed by atoms with Crippen molar-refractivity contribution in [1.29, 1.82) is 0 Å². The first-order valence-corrected chi connectivity index (χ1v) is 44.0. The number of aliphatic hydroxyl groups is 1. The summed E-state index contributed by atoms with van der Waals surface area (Å²) < 4.78 is 68.6. The lowest BCUT2D eigenvalue weighted by molar-refractivity contribution is -0.161. The predicted octanol–water partition coefficient (Wildman–Crippen LogP) is 23.5. The largest absolute Gasteiger partial charge is 0.472 e. The minimum Gasteiger partial charge on any atom is -0.462 e. The SMILES string of the molecule is CCCCCCCCCCCCCCCC(=O)O[C@H](COC(=O)CCCCCCCCCCC)COP(=O)(O)OC[C@H](O)COP(=O)(O)OC[C@@H](COC(=O)CCCCCCCCCCCCCCCCC(C)CC)OC(=O)CCCCCCCCCCCCCCCCCC(C)C. The van der Waals surface area contributed by atoms with Crippen molar-refractivity contribution in [3.8, 4) is 0 Å². The fourth-order valence-corrected chi connectivity index (χ4v) is 13.7. The monoisotopic (exact) mass is 1440 g/mol. The lowest BCUT2D eigenvalue weighted by atomic mass is 9.99. The van der Waals surface area contributed by atoms with Crippen LogP contribution < -0.4 is 0 Å². The normalized spacial score (nSPS) is 14.2. The Morgan fingerprint density at radius 3 is 0.776 bits per heavy atom. The van der Waals surface area contributed by atoms with Crippen molar-refractivity contribution in [2.24, 2.45) is 11.8 Å². The number of hydrogen-bond donors (Lipinski definition) is 3. The molecule has 0 radical (unpaired) electrons. The first-order chi connectivity index (χ1) is 47.4. The smallest absolute Gasteiger partial charge is 0.462 e. The minimum atomic E-state index is -4.96. The molecule has 0 rings (SSSR count). The number of ether oxygens (including phenoxy) is 4. The average molecular weight is 1440 g/mol. The number of esters is 4. The Hall–Kier alpha value is -1.94. The van der Waals surface area contributed by atoms with Gasteiger partial charge in [0.2, 0.25) is 0 Å². The van der Waals surface area contributed by atoms with Crippen LogP contribution in [0.4, 0.5) is 0 Å². The Bertz CT molecular complexity index is 1890. The summed E-state index contributed by atoms with van der Waals surface area (Å²) in [5, 5.41) is 10.6. The van der Waals surface area contributed by atoms with Crippen molar-refractivity contribution >= 4 is 39.5 Å². The predicted molar refractivity (Wildman–Crippen MR) is 400 cm³/mol. The zero-order valence-corrected chi connectivity index (χ0v) is 65.9. The number of unbranched alkanes of at least 4 members (excludes halogenated alkanes) is 47. The van der Waals surface area contributed by atoms with E-state index >= 15 is 0 Å². The molecule has 0 fully saturated rings. The van der Waals surface area contributed by atoms with E-state index < -0.39 is 97.5 Å². The molecule has 19 heteroatoms. The molecule has 0 saturated heterocycles. The molecule has 0 aliphatic carbocycles. The van der Waals surface area contributed by atoms with Gasteiger partial charge in [0.1, 0.15) is 19.3 Å². The summed E-state index contributed by atoms with van der Waals surface area (Å²) in [6, 6.07) is 0. The van der Waals surface area contributed by atoms with Gasteiger partial charge in [0.05, 0.1) is 26.4 Å². The molecular weight excluding hydrogens is 1280 g/mol. The van der Waals surface area contributed by atoms with Crippen LogP contribution in [0.5, 0.6) is 0 Å². The van der Waals surface area contributed by atoms with Gasteiger partial charge >= 0.3 is 39.5 Å². The van der Waals surface area contributed by atoms with Crippen LogP contribution in [0.3, 0.4) is 0 Å². The Labute approximate surface area is 600 Å². The first kappa shape index (κ1) is 96.1. The number of phosphoric ester groups is 2. The first-order valence-electron chi connectivity index (χ1n) is 41.0. The number of hydrogen-bond acceptors (Lipinski definition) is 15. The third kappa shape index (κ3) is 71.1. The van der Waals surface area contributed by atoms with Crippen LogP contribution in [0.2, 0.25) is 0 Å². The van der Waals surface area contributed by atoms with Crippen LogP contribution in [0.1, 0.15) is 414 Å². The van der Waals surface area contributed by atoms with Crippen LogP contribution in [-0.2, 0) is 65.4 Å². The number of rotatable bonds is 78. The van der Waals surface area contributed by atoms with Gasteiger partial charge in [-0.05, 0) is 37.5 Å². The second-order valence-electron chi connectivity index (χ2n) is 29.2. The number of aliphatic hydroxyl groups excluding tert-OH is 1. The van der Waals surface area contributed by atoms with Crippen LogP contribution in [-0.4, -0.2) is 96.7 Å². The maximum atomic E-state index is 13.1. The molecule has 6 atom stereocenters. The summed E-state index contributed by atoms with van der Waals surface area (Å²) in [5.74, 6) is -0.458. The van der Waals surface area contributed by atoms with Gasteiger partial charge in [0, 0.05) is 25.7 Å². The molecule has 3 N–H and O–H groups in total. The van der Waals surface area contributed by atoms with Gasteiger partial charge in [-0.15, -0.1) is 0 Å². The maximum Gasteiger partial charge on any atom is 0.472 e. The van der Waals surface area contributed by atoms with E-state index in [0.29, 0.717) is 25.7 Å². The molecule has 0 aromatic heterocycles. The van der Waals surface area contributed by atoms with Crippen LogP contribution in [0, 0.1) is 11.8 Å². The zero-order valence-electron chi connectivity index (χ0n) is 64.1. The van der Waals surface area contributed by atoms with Crippen LogP contribution in [0.25, 0.3) is 0 Å².